The smallest absolute Gasteiger partial charge is 0.407 e. The minimum atomic E-state index is -0.999. The van der Waals surface area contributed by atoms with Crippen LogP contribution in [0.2, 0.25) is 0 Å². The lowest BCUT2D eigenvalue weighted by molar-refractivity contribution is -0.142. The van der Waals surface area contributed by atoms with E-state index in [0.29, 0.717) is 19.4 Å². The number of aliphatic hydroxyl groups excluding tert-OH is 1. The van der Waals surface area contributed by atoms with Gasteiger partial charge in [-0.25, -0.2) is 4.79 Å². The van der Waals surface area contributed by atoms with Crippen molar-refractivity contribution in [1.29, 1.82) is 0 Å². The molecule has 2 N–H and O–H groups in total. The Morgan fingerprint density at radius 3 is 2.71 bits per heavy atom. The maximum Gasteiger partial charge on any atom is 0.407 e. The van der Waals surface area contributed by atoms with Gasteiger partial charge in [0.2, 0.25) is 0 Å². The van der Waals surface area contributed by atoms with Crippen LogP contribution < -0.4 is 0 Å². The van der Waals surface area contributed by atoms with E-state index in [2.05, 4.69) is 4.74 Å². The highest BCUT2D eigenvalue weighted by atomic mass is 16.5. The summed E-state index contributed by atoms with van der Waals surface area (Å²) in [5.74, 6) is -0.115. The Kier molecular flexibility index (Phi) is 5.21. The van der Waals surface area contributed by atoms with Gasteiger partial charge in [-0.15, -0.1) is 0 Å². The number of esters is 1. The number of methoxy groups -OCH3 is 1. The van der Waals surface area contributed by atoms with E-state index >= 15 is 0 Å². The van der Waals surface area contributed by atoms with Gasteiger partial charge in [0.05, 0.1) is 13.5 Å². The Morgan fingerprint density at radius 1 is 1.47 bits per heavy atom. The highest BCUT2D eigenvalue weighted by Crippen LogP contribution is 2.27. The number of carbonyl (C=O) groups is 2. The maximum absolute atomic E-state index is 11.2. The number of carbonyl (C=O) groups excluding carboxylic acids is 1. The SMILES string of the molecule is COC(=O)CC1CC(CCO)CCN1C(=O)O. The number of rotatable bonds is 4. The van der Waals surface area contributed by atoms with Gasteiger partial charge >= 0.3 is 12.1 Å². The van der Waals surface area contributed by atoms with Crippen LogP contribution in [0, 0.1) is 5.92 Å². The van der Waals surface area contributed by atoms with Crippen LogP contribution in [0.1, 0.15) is 25.7 Å². The topological polar surface area (TPSA) is 87.1 Å². The summed E-state index contributed by atoms with van der Waals surface area (Å²) in [5, 5.41) is 17.9. The van der Waals surface area contributed by atoms with Gasteiger partial charge in [0.1, 0.15) is 0 Å². The van der Waals surface area contributed by atoms with Crippen LogP contribution in [0.3, 0.4) is 0 Å². The summed E-state index contributed by atoms with van der Waals surface area (Å²) in [4.78, 5) is 23.5. The van der Waals surface area contributed by atoms with E-state index in [1.807, 2.05) is 0 Å². The van der Waals surface area contributed by atoms with E-state index < -0.39 is 12.1 Å². The molecule has 6 heteroatoms. The minimum absolute atomic E-state index is 0.0880. The molecule has 2 atom stereocenters. The van der Waals surface area contributed by atoms with Crippen LogP contribution in [0.4, 0.5) is 4.79 Å². The summed E-state index contributed by atoms with van der Waals surface area (Å²) in [5.41, 5.74) is 0. The second-order valence-electron chi connectivity index (χ2n) is 4.31. The Bertz CT molecular complexity index is 281. The van der Waals surface area contributed by atoms with Crippen molar-refractivity contribution >= 4 is 12.1 Å². The first-order valence-corrected chi connectivity index (χ1v) is 5.75. The molecule has 1 aliphatic rings. The van der Waals surface area contributed by atoms with Crippen LogP contribution >= 0.6 is 0 Å². The number of hydrogen-bond acceptors (Lipinski definition) is 4. The first-order chi connectivity index (χ1) is 8.08. The zero-order valence-electron chi connectivity index (χ0n) is 9.96. The zero-order valence-corrected chi connectivity index (χ0v) is 9.96. The Morgan fingerprint density at radius 2 is 2.18 bits per heavy atom. The van der Waals surface area contributed by atoms with Gasteiger partial charge in [-0.1, -0.05) is 0 Å². The normalized spacial score (nSPS) is 24.5. The van der Waals surface area contributed by atoms with Gasteiger partial charge in [-0.05, 0) is 25.2 Å². The summed E-state index contributed by atoms with van der Waals surface area (Å²) in [6, 6.07) is -0.328. The molecule has 0 saturated carbocycles. The number of ether oxygens (including phenoxy) is 1. The fourth-order valence-corrected chi connectivity index (χ4v) is 2.30. The number of amides is 1. The fourth-order valence-electron chi connectivity index (χ4n) is 2.30. The van der Waals surface area contributed by atoms with Gasteiger partial charge in [0, 0.05) is 19.2 Å². The molecule has 6 nitrogen and oxygen atoms in total. The molecule has 1 amide bonds. The molecule has 17 heavy (non-hydrogen) atoms. The van der Waals surface area contributed by atoms with Crippen molar-refractivity contribution < 1.29 is 24.5 Å². The lowest BCUT2D eigenvalue weighted by Gasteiger charge is -2.37. The number of carboxylic acid groups (broad SMARTS) is 1. The predicted molar refractivity (Wildman–Crippen MR) is 59.6 cm³/mol. The molecule has 1 aliphatic heterocycles. The number of aliphatic hydroxyl groups is 1. The average Bonchev–Trinajstić information content (AvgIpc) is 2.29. The largest absolute Gasteiger partial charge is 0.469 e. The first-order valence-electron chi connectivity index (χ1n) is 5.75. The summed E-state index contributed by atoms with van der Waals surface area (Å²) < 4.78 is 4.57. The van der Waals surface area contributed by atoms with Crippen molar-refractivity contribution in [2.75, 3.05) is 20.3 Å². The minimum Gasteiger partial charge on any atom is -0.469 e. The quantitative estimate of drug-likeness (QED) is 0.711. The summed E-state index contributed by atoms with van der Waals surface area (Å²) in [6.45, 7) is 0.518. The third-order valence-corrected chi connectivity index (χ3v) is 3.24. The van der Waals surface area contributed by atoms with E-state index in [1.54, 1.807) is 0 Å². The van der Waals surface area contributed by atoms with Gasteiger partial charge in [-0.3, -0.25) is 4.79 Å². The number of nitrogens with zero attached hydrogens (tertiary/aromatic N) is 1. The monoisotopic (exact) mass is 245 g/mol. The first kappa shape index (κ1) is 13.8. The van der Waals surface area contributed by atoms with Crippen LogP contribution in [-0.2, 0) is 9.53 Å². The summed E-state index contributed by atoms with van der Waals surface area (Å²) in [7, 11) is 1.29. The van der Waals surface area contributed by atoms with Gasteiger partial charge in [0.25, 0.3) is 0 Å². The van der Waals surface area contributed by atoms with Crippen LogP contribution in [0.15, 0.2) is 0 Å². The molecule has 0 spiro atoms. The lowest BCUT2D eigenvalue weighted by Crippen LogP contribution is -2.46. The molecule has 0 aliphatic carbocycles. The number of likely N-dealkylation sites (tertiary alicyclic amines) is 1. The van der Waals surface area contributed by atoms with Crippen molar-refractivity contribution in [3.05, 3.63) is 0 Å². The van der Waals surface area contributed by atoms with E-state index in [1.165, 1.54) is 12.0 Å². The van der Waals surface area contributed by atoms with Gasteiger partial charge < -0.3 is 19.8 Å². The van der Waals surface area contributed by atoms with Crippen molar-refractivity contribution in [3.63, 3.8) is 0 Å². The standard InChI is InChI=1S/C11H19NO5/c1-17-10(14)7-9-6-8(3-5-13)2-4-12(9)11(15)16/h8-9,13H,2-7H2,1H3,(H,15,16). The van der Waals surface area contributed by atoms with Crippen molar-refractivity contribution in [2.45, 2.75) is 31.7 Å². The van der Waals surface area contributed by atoms with E-state index in [9.17, 15) is 9.59 Å². The molecule has 1 saturated heterocycles. The third-order valence-electron chi connectivity index (χ3n) is 3.24. The summed E-state index contributed by atoms with van der Waals surface area (Å²) in [6.07, 6.45) is 1.10. The molecule has 0 aromatic rings. The summed E-state index contributed by atoms with van der Waals surface area (Å²) >= 11 is 0. The average molecular weight is 245 g/mol. The molecule has 1 rings (SSSR count). The molecular formula is C11H19NO5. The zero-order chi connectivity index (χ0) is 12.8. The van der Waals surface area contributed by atoms with Crippen molar-refractivity contribution in [3.8, 4) is 0 Å². The molecule has 0 aromatic carbocycles. The molecule has 0 aromatic heterocycles. The number of hydrogen-bond donors (Lipinski definition) is 2. The van der Waals surface area contributed by atoms with E-state index in [4.69, 9.17) is 10.2 Å². The Labute approximate surface area is 100 Å². The van der Waals surface area contributed by atoms with Crippen molar-refractivity contribution in [2.24, 2.45) is 5.92 Å². The molecule has 0 radical (unpaired) electrons. The van der Waals surface area contributed by atoms with Gasteiger partial charge in [0.15, 0.2) is 0 Å². The highest BCUT2D eigenvalue weighted by Gasteiger charge is 2.32. The molecular weight excluding hydrogens is 226 g/mol. The maximum atomic E-state index is 11.2. The van der Waals surface area contributed by atoms with Crippen molar-refractivity contribution in [1.82, 2.24) is 4.90 Å². The Hall–Kier alpha value is -1.30. The molecule has 98 valence electrons. The highest BCUT2D eigenvalue weighted by molar-refractivity contribution is 5.72. The fraction of sp³-hybridized carbons (Fsp3) is 0.818. The lowest BCUT2D eigenvalue weighted by atomic mass is 9.87. The van der Waals surface area contributed by atoms with Crippen LogP contribution in [0.5, 0.6) is 0 Å². The molecule has 1 fully saturated rings. The van der Waals surface area contributed by atoms with Crippen LogP contribution in [-0.4, -0.2) is 53.5 Å². The van der Waals surface area contributed by atoms with E-state index in [0.717, 1.165) is 6.42 Å². The third kappa shape index (κ3) is 3.89. The molecule has 2 unspecified atom stereocenters. The second kappa shape index (κ2) is 6.44. The second-order valence-corrected chi connectivity index (χ2v) is 4.31. The van der Waals surface area contributed by atoms with Crippen LogP contribution in [0.25, 0.3) is 0 Å². The van der Waals surface area contributed by atoms with Gasteiger partial charge in [-0.2, -0.15) is 0 Å². The molecule has 0 bridgehead atoms. The number of piperidine rings is 1. The van der Waals surface area contributed by atoms with E-state index in [-0.39, 0.29) is 25.0 Å². The molecule has 1 heterocycles. The Balaban J connectivity index is 2.62. The predicted octanol–water partition coefficient (Wildman–Crippen LogP) is 0.690.